The van der Waals surface area contributed by atoms with E-state index in [0.29, 0.717) is 19.3 Å². The Morgan fingerprint density at radius 2 is 1.27 bits per heavy atom. The lowest BCUT2D eigenvalue weighted by atomic mass is 10.1. The molecule has 21 heteroatoms. The van der Waals surface area contributed by atoms with Gasteiger partial charge in [0, 0.05) is 25.5 Å². The van der Waals surface area contributed by atoms with Crippen LogP contribution in [-0.2, 0) is 51.1 Å². The summed E-state index contributed by atoms with van der Waals surface area (Å²) in [5.41, 5.74) is 4.58. The molecule has 1 aromatic rings. The number of phosphoric acid groups is 2. The van der Waals surface area contributed by atoms with E-state index >= 15 is 0 Å². The SMILES string of the molecule is CCCCC/C=C\C/C=C\CCCCCCCCCC(=O)OC[C@H](COP(=O)(O)OP(=O)(O)OC[C@H]1O[C@@H](n2ccc(N)nc2=O)[C@H](O)[C@@H]1O)OC(=O)CCCCCCC/C=C\C=C\C(=O)CCCCC. The number of aromatic nitrogens is 2. The lowest BCUT2D eigenvalue weighted by Gasteiger charge is -2.21. The first-order valence-electron chi connectivity index (χ1n) is 25.6. The molecule has 0 radical (unpaired) electrons. The van der Waals surface area contributed by atoms with Gasteiger partial charge in [0.2, 0.25) is 0 Å². The van der Waals surface area contributed by atoms with Crippen molar-refractivity contribution in [1.82, 2.24) is 9.55 Å². The molecule has 0 saturated carbocycles. The second kappa shape index (κ2) is 38.0. The van der Waals surface area contributed by atoms with E-state index in [1.165, 1.54) is 25.3 Å². The molecule has 0 spiro atoms. The molecule has 7 atom stereocenters. The van der Waals surface area contributed by atoms with E-state index in [0.717, 1.165) is 120 Å². The summed E-state index contributed by atoms with van der Waals surface area (Å²) in [6, 6.07) is 1.24. The van der Waals surface area contributed by atoms with Crippen LogP contribution in [0.15, 0.2) is 65.7 Å². The Balaban J connectivity index is 1.82. The van der Waals surface area contributed by atoms with Crippen molar-refractivity contribution in [3.8, 4) is 0 Å². The van der Waals surface area contributed by atoms with Gasteiger partial charge < -0.3 is 39.9 Å². The summed E-state index contributed by atoms with van der Waals surface area (Å²) in [5, 5.41) is 20.9. The quantitative estimate of drug-likeness (QED) is 0.0102. The Kier molecular flexibility index (Phi) is 34.0. The predicted molar refractivity (Wildman–Crippen MR) is 271 cm³/mol. The third kappa shape index (κ3) is 30.9. The summed E-state index contributed by atoms with van der Waals surface area (Å²) in [7, 11) is -10.9. The van der Waals surface area contributed by atoms with Crippen LogP contribution in [0.1, 0.15) is 181 Å². The van der Waals surface area contributed by atoms with Crippen LogP contribution in [0.4, 0.5) is 5.82 Å². The lowest BCUT2D eigenvalue weighted by molar-refractivity contribution is -0.161. The minimum absolute atomic E-state index is 0.00390. The Morgan fingerprint density at radius 3 is 1.90 bits per heavy atom. The number of ketones is 1. The summed E-state index contributed by atoms with van der Waals surface area (Å²) >= 11 is 0. The summed E-state index contributed by atoms with van der Waals surface area (Å²) in [6.45, 7) is 1.93. The maximum Gasteiger partial charge on any atom is 0.481 e. The van der Waals surface area contributed by atoms with E-state index < -0.39 is 83.7 Å². The topological polar surface area (TPSA) is 283 Å². The number of hydrogen-bond acceptors (Lipinski definition) is 16. The number of anilines is 1. The molecule has 1 saturated heterocycles. The van der Waals surface area contributed by atoms with E-state index in [-0.39, 0.29) is 24.4 Å². The van der Waals surface area contributed by atoms with Crippen LogP contribution in [0.3, 0.4) is 0 Å². The maximum atomic E-state index is 12.9. The van der Waals surface area contributed by atoms with Crippen LogP contribution in [-0.4, -0.2) is 91.5 Å². The van der Waals surface area contributed by atoms with E-state index in [9.17, 15) is 48.3 Å². The lowest BCUT2D eigenvalue weighted by Crippen LogP contribution is -2.36. The van der Waals surface area contributed by atoms with Crippen molar-refractivity contribution in [2.24, 2.45) is 0 Å². The largest absolute Gasteiger partial charge is 0.481 e. The van der Waals surface area contributed by atoms with Crippen molar-refractivity contribution in [2.45, 2.75) is 205 Å². The molecule has 0 bridgehead atoms. The Bertz CT molecular complexity index is 1940. The normalized spacial score (nSPS) is 19.5. The number of nitrogens with zero attached hydrogens (tertiary/aromatic N) is 2. The molecule has 19 nitrogen and oxygen atoms in total. The van der Waals surface area contributed by atoms with E-state index in [4.69, 9.17) is 29.0 Å². The van der Waals surface area contributed by atoms with Crippen LogP contribution in [0.2, 0.25) is 0 Å². The van der Waals surface area contributed by atoms with Gasteiger partial charge >= 0.3 is 33.3 Å². The molecule has 1 aliphatic rings. The average molecular weight is 1040 g/mol. The van der Waals surface area contributed by atoms with Crippen molar-refractivity contribution in [3.63, 3.8) is 0 Å². The number of nitrogens with two attached hydrogens (primary N) is 1. The minimum atomic E-state index is -5.44. The van der Waals surface area contributed by atoms with Crippen LogP contribution >= 0.6 is 15.6 Å². The highest BCUT2D eigenvalue weighted by Crippen LogP contribution is 2.60. The highest BCUT2D eigenvalue weighted by Gasteiger charge is 2.46. The fraction of sp³-hybridized carbons (Fsp3) is 0.700. The highest BCUT2D eigenvalue weighted by atomic mass is 31.3. The summed E-state index contributed by atoms with van der Waals surface area (Å²) in [4.78, 5) is 73.7. The summed E-state index contributed by atoms with van der Waals surface area (Å²) in [6.07, 6.45) is 31.7. The second-order valence-corrected chi connectivity index (χ2v) is 20.7. The second-order valence-electron chi connectivity index (χ2n) is 17.7. The molecular formula is C50H83N3O16P2. The number of allylic oxidation sites excluding steroid dienone is 8. The standard InChI is InChI=1S/C50H83N3O16P2/c1-3-5-7-8-9-10-11-12-13-14-15-16-17-20-23-26-30-34-45(55)64-38-42(67-46(56)35-31-27-24-21-18-19-22-25-29-33-41(54)32-28-6-4-2)39-65-70(60,61)69-71(62,63)66-40-43-47(57)48(58)49(68-43)53-37-36-44(51)52-50(53)59/h9-10,12-13,22,25,29,33,36-37,42-43,47-49,57-58H,3-8,11,14-21,23-24,26-28,30-32,34-35,38-40H2,1-2H3,(H,60,61)(H,62,63)(H2,51,52,59)/b10-9-,13-12-,25-22-,33-29+/t42-,43-,47-,48-,49-/m1/s1. The first-order chi connectivity index (χ1) is 34.1. The first kappa shape index (κ1) is 63.5. The van der Waals surface area contributed by atoms with Gasteiger partial charge in [-0.05, 0) is 76.4 Å². The summed E-state index contributed by atoms with van der Waals surface area (Å²) in [5.74, 6) is -1.25. The van der Waals surface area contributed by atoms with Gasteiger partial charge in [-0.25, -0.2) is 13.9 Å². The zero-order chi connectivity index (χ0) is 52.2. The zero-order valence-corrected chi connectivity index (χ0v) is 43.8. The van der Waals surface area contributed by atoms with Gasteiger partial charge in [0.1, 0.15) is 30.7 Å². The van der Waals surface area contributed by atoms with E-state index in [1.54, 1.807) is 12.2 Å². The number of aliphatic hydroxyl groups excluding tert-OH is 2. The van der Waals surface area contributed by atoms with Crippen molar-refractivity contribution in [3.05, 3.63) is 71.4 Å². The van der Waals surface area contributed by atoms with Gasteiger partial charge in [-0.3, -0.25) is 28.0 Å². The van der Waals surface area contributed by atoms with Crippen molar-refractivity contribution >= 4 is 39.2 Å². The molecule has 0 amide bonds. The fourth-order valence-electron chi connectivity index (χ4n) is 7.32. The number of esters is 2. The number of rotatable bonds is 42. The van der Waals surface area contributed by atoms with Gasteiger partial charge in [0.05, 0.1) is 13.2 Å². The first-order valence-corrected chi connectivity index (χ1v) is 28.6. The molecule has 1 aliphatic heterocycles. The molecule has 0 aliphatic carbocycles. The number of nitrogen functional groups attached to an aromatic ring is 1. The molecule has 71 heavy (non-hydrogen) atoms. The monoisotopic (exact) mass is 1040 g/mol. The number of carbonyl (C=O) groups excluding carboxylic acids is 3. The maximum absolute atomic E-state index is 12.9. The van der Waals surface area contributed by atoms with Gasteiger partial charge in [0.25, 0.3) is 0 Å². The molecule has 2 heterocycles. The summed E-state index contributed by atoms with van der Waals surface area (Å²) < 4.78 is 56.7. The van der Waals surface area contributed by atoms with Gasteiger partial charge in [-0.2, -0.15) is 9.29 Å². The fourth-order valence-corrected chi connectivity index (χ4v) is 9.43. The van der Waals surface area contributed by atoms with Crippen molar-refractivity contribution in [1.29, 1.82) is 0 Å². The average Bonchev–Trinajstić information content (AvgIpc) is 3.60. The molecule has 2 rings (SSSR count). The smallest absolute Gasteiger partial charge is 0.462 e. The highest BCUT2D eigenvalue weighted by molar-refractivity contribution is 7.61. The van der Waals surface area contributed by atoms with Crippen LogP contribution in [0.25, 0.3) is 0 Å². The third-order valence-electron chi connectivity index (χ3n) is 11.4. The molecule has 1 fully saturated rings. The van der Waals surface area contributed by atoms with Gasteiger partial charge in [-0.15, -0.1) is 0 Å². The minimum Gasteiger partial charge on any atom is -0.462 e. The number of unbranched alkanes of at least 4 members (excludes halogenated alkanes) is 17. The molecule has 404 valence electrons. The number of phosphoric ester groups is 2. The number of ether oxygens (including phenoxy) is 3. The number of carbonyl (C=O) groups is 3. The molecule has 2 unspecified atom stereocenters. The van der Waals surface area contributed by atoms with E-state index in [2.05, 4.69) is 47.4 Å². The molecule has 1 aromatic heterocycles. The Hall–Kier alpha value is -3.61. The van der Waals surface area contributed by atoms with Crippen molar-refractivity contribution < 1.29 is 71.1 Å². The number of hydrogen-bond donors (Lipinski definition) is 5. The molecular weight excluding hydrogens is 961 g/mol. The van der Waals surface area contributed by atoms with Crippen molar-refractivity contribution in [2.75, 3.05) is 25.6 Å². The Morgan fingerprint density at radius 1 is 0.718 bits per heavy atom. The van der Waals surface area contributed by atoms with Crippen LogP contribution in [0, 0.1) is 0 Å². The molecule has 0 aromatic carbocycles. The third-order valence-corrected chi connectivity index (χ3v) is 14.0. The van der Waals surface area contributed by atoms with E-state index in [1.807, 2.05) is 12.2 Å². The predicted octanol–water partition coefficient (Wildman–Crippen LogP) is 9.74. The number of aliphatic hydroxyl groups is 2. The Labute approximate surface area is 420 Å². The van der Waals surface area contributed by atoms with Crippen LogP contribution in [0.5, 0.6) is 0 Å². The van der Waals surface area contributed by atoms with Crippen LogP contribution < -0.4 is 11.4 Å². The van der Waals surface area contributed by atoms with Gasteiger partial charge in [0.15, 0.2) is 18.1 Å². The zero-order valence-electron chi connectivity index (χ0n) is 42.0. The van der Waals surface area contributed by atoms with Gasteiger partial charge in [-0.1, -0.05) is 133 Å². The molecule has 6 N–H and O–H groups in total.